The molecule has 138 valence electrons. The molecule has 0 atom stereocenters. The molecule has 1 N–H and O–H groups in total. The molecule has 27 heavy (non-hydrogen) atoms. The van der Waals surface area contributed by atoms with Gasteiger partial charge in [0.15, 0.2) is 0 Å². The standard InChI is InChI=1S/C16H13N5O6/c1-11(10-17-27-16(22)12-5-3-2-4-6-12)18-19-14-8-7-13(20(23)24)9-15(14)21(25)26/h2-10,19H,1H3. The van der Waals surface area contributed by atoms with E-state index in [1.807, 2.05) is 0 Å². The van der Waals surface area contributed by atoms with Crippen molar-refractivity contribution in [2.45, 2.75) is 6.92 Å². The Morgan fingerprint density at radius 1 is 1.11 bits per heavy atom. The van der Waals surface area contributed by atoms with E-state index in [0.29, 0.717) is 5.56 Å². The molecule has 0 aliphatic carbocycles. The molecule has 0 saturated carbocycles. The van der Waals surface area contributed by atoms with Gasteiger partial charge in [0, 0.05) is 6.07 Å². The smallest absolute Gasteiger partial charge is 0.313 e. The zero-order valence-electron chi connectivity index (χ0n) is 13.9. The van der Waals surface area contributed by atoms with Gasteiger partial charge in [0.05, 0.1) is 33.4 Å². The third-order valence-electron chi connectivity index (χ3n) is 3.13. The van der Waals surface area contributed by atoms with Gasteiger partial charge in [0.1, 0.15) is 5.69 Å². The Morgan fingerprint density at radius 3 is 2.44 bits per heavy atom. The van der Waals surface area contributed by atoms with Gasteiger partial charge in [-0.2, -0.15) is 5.10 Å². The van der Waals surface area contributed by atoms with Gasteiger partial charge in [-0.05, 0) is 25.1 Å². The molecular weight excluding hydrogens is 358 g/mol. The second-order valence-corrected chi connectivity index (χ2v) is 5.06. The van der Waals surface area contributed by atoms with Gasteiger partial charge in [-0.15, -0.1) is 0 Å². The molecule has 0 aliphatic heterocycles. The largest absolute Gasteiger partial charge is 0.365 e. The molecule has 2 aromatic carbocycles. The minimum absolute atomic E-state index is 0.0420. The number of rotatable bonds is 7. The van der Waals surface area contributed by atoms with Crippen LogP contribution in [-0.2, 0) is 4.84 Å². The van der Waals surface area contributed by atoms with Crippen LogP contribution >= 0.6 is 0 Å². The van der Waals surface area contributed by atoms with Crippen molar-refractivity contribution < 1.29 is 19.5 Å². The lowest BCUT2D eigenvalue weighted by Crippen LogP contribution is -2.04. The van der Waals surface area contributed by atoms with Crippen molar-refractivity contribution in [1.29, 1.82) is 0 Å². The minimum atomic E-state index is -0.768. The van der Waals surface area contributed by atoms with E-state index in [-0.39, 0.29) is 11.4 Å². The molecule has 0 saturated heterocycles. The van der Waals surface area contributed by atoms with E-state index in [1.165, 1.54) is 13.0 Å². The average molecular weight is 371 g/mol. The zero-order chi connectivity index (χ0) is 19.8. The molecule has 0 fully saturated rings. The second-order valence-electron chi connectivity index (χ2n) is 5.06. The second kappa shape index (κ2) is 8.80. The van der Waals surface area contributed by atoms with Crippen LogP contribution in [0.1, 0.15) is 17.3 Å². The third kappa shape index (κ3) is 5.42. The monoisotopic (exact) mass is 371 g/mol. The number of nitrogens with one attached hydrogen (secondary N) is 1. The molecule has 2 aromatic rings. The molecule has 0 unspecified atom stereocenters. The lowest BCUT2D eigenvalue weighted by molar-refractivity contribution is -0.393. The highest BCUT2D eigenvalue weighted by Crippen LogP contribution is 2.28. The number of anilines is 1. The fraction of sp³-hybridized carbons (Fsp3) is 0.0625. The molecule has 0 aromatic heterocycles. The summed E-state index contributed by atoms with van der Waals surface area (Å²) in [6, 6.07) is 11.3. The molecule has 2 rings (SSSR count). The number of nitro benzene ring substituents is 2. The average Bonchev–Trinajstić information content (AvgIpc) is 2.66. The summed E-state index contributed by atoms with van der Waals surface area (Å²) in [5.41, 5.74) is 2.02. The van der Waals surface area contributed by atoms with Gasteiger partial charge in [-0.25, -0.2) is 4.79 Å². The van der Waals surface area contributed by atoms with Crippen LogP contribution in [0.4, 0.5) is 17.1 Å². The molecule has 0 bridgehead atoms. The zero-order valence-corrected chi connectivity index (χ0v) is 13.9. The Balaban J connectivity index is 2.03. The van der Waals surface area contributed by atoms with Crippen molar-refractivity contribution in [1.82, 2.24) is 0 Å². The number of nitro groups is 2. The summed E-state index contributed by atoms with van der Waals surface area (Å²) >= 11 is 0. The van der Waals surface area contributed by atoms with Crippen molar-refractivity contribution in [2.75, 3.05) is 5.43 Å². The maximum absolute atomic E-state index is 11.7. The first-order valence-corrected chi connectivity index (χ1v) is 7.41. The Labute approximate surface area is 152 Å². The van der Waals surface area contributed by atoms with Crippen LogP contribution in [0.3, 0.4) is 0 Å². The van der Waals surface area contributed by atoms with E-state index in [4.69, 9.17) is 4.84 Å². The number of hydrogen-bond donors (Lipinski definition) is 1. The predicted octanol–water partition coefficient (Wildman–Crippen LogP) is 3.13. The number of benzene rings is 2. The fourth-order valence-corrected chi connectivity index (χ4v) is 1.83. The SMILES string of the molecule is CC(C=NOC(=O)c1ccccc1)=NNc1ccc([N+](=O)[O-])cc1[N+](=O)[O-]. The number of carbonyl (C=O) groups is 1. The van der Waals surface area contributed by atoms with E-state index in [9.17, 15) is 25.0 Å². The minimum Gasteiger partial charge on any atom is -0.313 e. The van der Waals surface area contributed by atoms with E-state index in [2.05, 4.69) is 15.7 Å². The van der Waals surface area contributed by atoms with Crippen LogP contribution in [0.2, 0.25) is 0 Å². The number of hydrazone groups is 1. The van der Waals surface area contributed by atoms with Gasteiger partial charge < -0.3 is 4.84 Å². The number of non-ortho nitro benzene ring substituents is 1. The van der Waals surface area contributed by atoms with Crippen LogP contribution in [-0.4, -0.2) is 27.7 Å². The Bertz CT molecular complexity index is 926. The summed E-state index contributed by atoms with van der Waals surface area (Å²) in [5, 5.41) is 29.1. The van der Waals surface area contributed by atoms with Gasteiger partial charge in [0.2, 0.25) is 0 Å². The van der Waals surface area contributed by atoms with Gasteiger partial charge in [-0.1, -0.05) is 23.4 Å². The van der Waals surface area contributed by atoms with E-state index in [0.717, 1.165) is 18.3 Å². The normalized spacial score (nSPS) is 11.2. The van der Waals surface area contributed by atoms with Crippen LogP contribution in [0.5, 0.6) is 0 Å². The predicted molar refractivity (Wildman–Crippen MR) is 96.8 cm³/mol. The van der Waals surface area contributed by atoms with Gasteiger partial charge in [0.25, 0.3) is 5.69 Å². The quantitative estimate of drug-likeness (QED) is 0.340. The third-order valence-corrected chi connectivity index (χ3v) is 3.13. The molecule has 11 nitrogen and oxygen atoms in total. The van der Waals surface area contributed by atoms with Crippen LogP contribution in [0, 0.1) is 20.2 Å². The molecular formula is C16H13N5O6. The summed E-state index contributed by atoms with van der Waals surface area (Å²) in [6.07, 6.45) is 1.13. The topological polar surface area (TPSA) is 149 Å². The lowest BCUT2D eigenvalue weighted by atomic mass is 10.2. The molecule has 0 aliphatic rings. The van der Waals surface area contributed by atoms with Crippen molar-refractivity contribution in [3.63, 3.8) is 0 Å². The summed E-state index contributed by atoms with van der Waals surface area (Å²) in [6.45, 7) is 1.50. The molecule has 0 radical (unpaired) electrons. The first kappa shape index (κ1) is 19.2. The number of oxime groups is 1. The van der Waals surface area contributed by atoms with Crippen LogP contribution in [0.25, 0.3) is 0 Å². The molecule has 0 amide bonds. The summed E-state index contributed by atoms with van der Waals surface area (Å²) < 4.78 is 0. The number of carbonyl (C=O) groups excluding carboxylic acids is 1. The Hall–Kier alpha value is -4.15. The highest BCUT2D eigenvalue weighted by Gasteiger charge is 2.19. The maximum Gasteiger partial charge on any atom is 0.365 e. The van der Waals surface area contributed by atoms with Gasteiger partial charge in [-0.3, -0.25) is 25.7 Å². The van der Waals surface area contributed by atoms with Crippen molar-refractivity contribution >= 4 is 35.0 Å². The number of nitrogens with zero attached hydrogens (tertiary/aromatic N) is 4. The molecule has 0 spiro atoms. The molecule has 11 heteroatoms. The maximum atomic E-state index is 11.7. The van der Waals surface area contributed by atoms with E-state index in [1.54, 1.807) is 30.3 Å². The Morgan fingerprint density at radius 2 is 1.81 bits per heavy atom. The number of hydrogen-bond acceptors (Lipinski definition) is 9. The Kier molecular flexibility index (Phi) is 6.25. The van der Waals surface area contributed by atoms with Crippen molar-refractivity contribution in [3.05, 3.63) is 74.3 Å². The summed E-state index contributed by atoms with van der Waals surface area (Å²) in [5.74, 6) is -0.654. The summed E-state index contributed by atoms with van der Waals surface area (Å²) in [4.78, 5) is 36.6. The van der Waals surface area contributed by atoms with Crippen LogP contribution < -0.4 is 5.43 Å². The molecule has 0 heterocycles. The summed E-state index contributed by atoms with van der Waals surface area (Å²) in [7, 11) is 0. The fourth-order valence-electron chi connectivity index (χ4n) is 1.83. The van der Waals surface area contributed by atoms with E-state index >= 15 is 0 Å². The van der Waals surface area contributed by atoms with Crippen molar-refractivity contribution in [3.8, 4) is 0 Å². The van der Waals surface area contributed by atoms with Gasteiger partial charge >= 0.3 is 11.7 Å². The van der Waals surface area contributed by atoms with Crippen molar-refractivity contribution in [2.24, 2.45) is 10.3 Å². The first-order valence-electron chi connectivity index (χ1n) is 7.41. The van der Waals surface area contributed by atoms with Crippen LogP contribution in [0.15, 0.2) is 58.8 Å². The van der Waals surface area contributed by atoms with E-state index < -0.39 is 27.2 Å². The lowest BCUT2D eigenvalue weighted by Gasteiger charge is -2.02. The highest BCUT2D eigenvalue weighted by atomic mass is 16.7. The first-order chi connectivity index (χ1) is 12.9. The highest BCUT2D eigenvalue weighted by molar-refractivity contribution is 6.29.